The number of carbonyl (C=O) groups is 1. The molecule has 1 aromatic rings. The van der Waals surface area contributed by atoms with Crippen LogP contribution in [0.2, 0.25) is 0 Å². The van der Waals surface area contributed by atoms with Gasteiger partial charge in [-0.2, -0.15) is 0 Å². The number of hydrogen-bond donors (Lipinski definition) is 1. The second-order valence-corrected chi connectivity index (χ2v) is 5.63. The largest absolute Gasteiger partial charge is 0.497 e. The van der Waals surface area contributed by atoms with E-state index in [1.165, 1.54) is 0 Å². The lowest BCUT2D eigenvalue weighted by Gasteiger charge is -2.20. The predicted octanol–water partition coefficient (Wildman–Crippen LogP) is 3.43. The van der Waals surface area contributed by atoms with E-state index >= 15 is 0 Å². The second kappa shape index (κ2) is 5.82. The van der Waals surface area contributed by atoms with Crippen molar-refractivity contribution < 1.29 is 19.4 Å². The summed E-state index contributed by atoms with van der Waals surface area (Å²) in [5.74, 6) is 1.05. The molecule has 1 N–H and O–H groups in total. The first kappa shape index (κ1) is 14.2. The van der Waals surface area contributed by atoms with Gasteiger partial charge in [0.1, 0.15) is 11.5 Å². The van der Waals surface area contributed by atoms with Crippen LogP contribution in [0.4, 0.5) is 0 Å². The van der Waals surface area contributed by atoms with E-state index in [1.807, 2.05) is 12.1 Å². The van der Waals surface area contributed by atoms with Gasteiger partial charge in [0.2, 0.25) is 0 Å². The van der Waals surface area contributed by atoms with Gasteiger partial charge >= 0.3 is 5.97 Å². The predicted molar refractivity (Wildman–Crippen MR) is 75.0 cm³/mol. The maximum Gasteiger partial charge on any atom is 0.303 e. The zero-order chi connectivity index (χ0) is 14.0. The number of carboxylic acids is 1. The van der Waals surface area contributed by atoms with Gasteiger partial charge in [0.25, 0.3) is 0 Å². The third kappa shape index (κ3) is 3.21. The van der Waals surface area contributed by atoms with Crippen molar-refractivity contribution in [2.75, 3.05) is 14.2 Å². The van der Waals surface area contributed by atoms with Crippen molar-refractivity contribution >= 4 is 21.9 Å². The summed E-state index contributed by atoms with van der Waals surface area (Å²) in [6.45, 7) is 0. The molecule has 5 heteroatoms. The first-order valence-electron chi connectivity index (χ1n) is 6.20. The molecule has 1 aliphatic rings. The molecule has 0 heterocycles. The van der Waals surface area contributed by atoms with Gasteiger partial charge in [0.15, 0.2) is 0 Å². The van der Waals surface area contributed by atoms with E-state index in [9.17, 15) is 4.79 Å². The fourth-order valence-corrected chi connectivity index (χ4v) is 3.03. The number of rotatable bonds is 6. The van der Waals surface area contributed by atoms with Gasteiger partial charge < -0.3 is 14.6 Å². The standard InChI is InChI=1S/C14H17BrO4/c1-18-9-5-11(14(19-2)12(15)6-9)10(7-13(16)17)8-3-4-8/h5-6,8,10H,3-4,7H2,1-2H3,(H,16,17). The number of halogens is 1. The molecule has 1 atom stereocenters. The number of hydrogen-bond acceptors (Lipinski definition) is 3. The number of carboxylic acid groups (broad SMARTS) is 1. The third-order valence-electron chi connectivity index (χ3n) is 3.47. The van der Waals surface area contributed by atoms with Crippen LogP contribution in [0.3, 0.4) is 0 Å². The van der Waals surface area contributed by atoms with Crippen LogP contribution in [0.15, 0.2) is 16.6 Å². The van der Waals surface area contributed by atoms with Crippen LogP contribution in [0.25, 0.3) is 0 Å². The van der Waals surface area contributed by atoms with Crippen molar-refractivity contribution in [1.29, 1.82) is 0 Å². The van der Waals surface area contributed by atoms with Crippen LogP contribution in [0.5, 0.6) is 11.5 Å². The molecule has 19 heavy (non-hydrogen) atoms. The molecule has 1 saturated carbocycles. The minimum Gasteiger partial charge on any atom is -0.497 e. The monoisotopic (exact) mass is 328 g/mol. The highest BCUT2D eigenvalue weighted by Gasteiger charge is 2.36. The zero-order valence-corrected chi connectivity index (χ0v) is 12.6. The molecule has 0 saturated heterocycles. The van der Waals surface area contributed by atoms with Crippen molar-refractivity contribution in [1.82, 2.24) is 0 Å². The minimum absolute atomic E-state index is 0.0150. The highest BCUT2D eigenvalue weighted by molar-refractivity contribution is 9.10. The van der Waals surface area contributed by atoms with Crippen molar-refractivity contribution in [2.24, 2.45) is 5.92 Å². The van der Waals surface area contributed by atoms with Gasteiger partial charge in [0, 0.05) is 11.5 Å². The SMILES string of the molecule is COc1cc(Br)c(OC)c(C(CC(=O)O)C2CC2)c1. The van der Waals surface area contributed by atoms with E-state index in [0.29, 0.717) is 17.4 Å². The molecule has 0 radical (unpaired) electrons. The summed E-state index contributed by atoms with van der Waals surface area (Å²) in [6.07, 6.45) is 2.28. The third-order valence-corrected chi connectivity index (χ3v) is 4.06. The molecular weight excluding hydrogens is 312 g/mol. The van der Waals surface area contributed by atoms with Crippen LogP contribution in [-0.2, 0) is 4.79 Å². The number of benzene rings is 1. The van der Waals surface area contributed by atoms with Crippen LogP contribution in [-0.4, -0.2) is 25.3 Å². The Morgan fingerprint density at radius 3 is 2.58 bits per heavy atom. The zero-order valence-electron chi connectivity index (χ0n) is 11.0. The van der Waals surface area contributed by atoms with Gasteiger partial charge in [-0.3, -0.25) is 4.79 Å². The Morgan fingerprint density at radius 2 is 2.11 bits per heavy atom. The van der Waals surface area contributed by atoms with E-state index in [2.05, 4.69) is 15.9 Å². The van der Waals surface area contributed by atoms with Crippen LogP contribution < -0.4 is 9.47 Å². The summed E-state index contributed by atoms with van der Waals surface area (Å²) >= 11 is 3.45. The van der Waals surface area contributed by atoms with Gasteiger partial charge in [-0.05, 0) is 46.8 Å². The van der Waals surface area contributed by atoms with E-state index in [0.717, 1.165) is 22.9 Å². The summed E-state index contributed by atoms with van der Waals surface area (Å²) < 4.78 is 11.5. The first-order valence-corrected chi connectivity index (χ1v) is 6.99. The first-order chi connectivity index (χ1) is 9.06. The summed E-state index contributed by atoms with van der Waals surface area (Å²) in [5, 5.41) is 9.10. The Balaban J connectivity index is 2.44. The Labute approximate surface area is 120 Å². The molecule has 104 valence electrons. The molecule has 1 aromatic carbocycles. The lowest BCUT2D eigenvalue weighted by Crippen LogP contribution is -2.10. The number of ether oxygens (including phenoxy) is 2. The molecule has 1 unspecified atom stereocenters. The van der Waals surface area contributed by atoms with Crippen LogP contribution in [0.1, 0.15) is 30.7 Å². The summed E-state index contributed by atoms with van der Waals surface area (Å²) in [5.41, 5.74) is 0.915. The van der Waals surface area contributed by atoms with Crippen molar-refractivity contribution in [3.05, 3.63) is 22.2 Å². The summed E-state index contributed by atoms with van der Waals surface area (Å²) in [6, 6.07) is 3.71. The van der Waals surface area contributed by atoms with Gasteiger partial charge in [-0.15, -0.1) is 0 Å². The fraction of sp³-hybridized carbons (Fsp3) is 0.500. The quantitative estimate of drug-likeness (QED) is 0.869. The van der Waals surface area contributed by atoms with Crippen molar-refractivity contribution in [3.8, 4) is 11.5 Å². The van der Waals surface area contributed by atoms with Crippen LogP contribution in [0, 0.1) is 5.92 Å². The lowest BCUT2D eigenvalue weighted by molar-refractivity contribution is -0.137. The van der Waals surface area contributed by atoms with E-state index in [1.54, 1.807) is 14.2 Å². The van der Waals surface area contributed by atoms with E-state index in [-0.39, 0.29) is 12.3 Å². The number of methoxy groups -OCH3 is 2. The maximum atomic E-state index is 11.1. The summed E-state index contributed by atoms with van der Waals surface area (Å²) in [7, 11) is 3.20. The minimum atomic E-state index is -0.780. The maximum absolute atomic E-state index is 11.1. The highest BCUT2D eigenvalue weighted by atomic mass is 79.9. The Kier molecular flexibility index (Phi) is 4.34. The molecule has 0 aliphatic heterocycles. The normalized spacial score (nSPS) is 15.9. The molecule has 2 rings (SSSR count). The molecule has 1 fully saturated rings. The average molecular weight is 329 g/mol. The molecule has 0 aromatic heterocycles. The Bertz CT molecular complexity index is 483. The van der Waals surface area contributed by atoms with Crippen LogP contribution >= 0.6 is 15.9 Å². The highest BCUT2D eigenvalue weighted by Crippen LogP contribution is 2.49. The topological polar surface area (TPSA) is 55.8 Å². The van der Waals surface area contributed by atoms with Crippen molar-refractivity contribution in [3.63, 3.8) is 0 Å². The molecule has 0 spiro atoms. The van der Waals surface area contributed by atoms with Gasteiger partial charge in [-0.1, -0.05) is 0 Å². The molecule has 4 nitrogen and oxygen atoms in total. The Morgan fingerprint density at radius 1 is 1.42 bits per heavy atom. The van der Waals surface area contributed by atoms with Gasteiger partial charge in [0.05, 0.1) is 25.1 Å². The smallest absolute Gasteiger partial charge is 0.303 e. The Hall–Kier alpha value is -1.23. The fourth-order valence-electron chi connectivity index (χ4n) is 2.41. The summed E-state index contributed by atoms with van der Waals surface area (Å²) in [4.78, 5) is 11.1. The lowest BCUT2D eigenvalue weighted by atomic mass is 9.90. The second-order valence-electron chi connectivity index (χ2n) is 4.77. The van der Waals surface area contributed by atoms with Crippen molar-refractivity contribution in [2.45, 2.75) is 25.2 Å². The molecule has 1 aliphatic carbocycles. The molecule has 0 amide bonds. The molecule has 0 bridgehead atoms. The van der Waals surface area contributed by atoms with Gasteiger partial charge in [-0.25, -0.2) is 0 Å². The van der Waals surface area contributed by atoms with E-state index in [4.69, 9.17) is 14.6 Å². The van der Waals surface area contributed by atoms with E-state index < -0.39 is 5.97 Å². The average Bonchev–Trinajstić information content (AvgIpc) is 3.19. The number of aliphatic carboxylic acids is 1. The molecular formula is C14H17BrO4.